The van der Waals surface area contributed by atoms with E-state index < -0.39 is 12.1 Å². The van der Waals surface area contributed by atoms with Gasteiger partial charge in [0.25, 0.3) is 5.56 Å². The Morgan fingerprint density at radius 3 is 2.96 bits per heavy atom. The van der Waals surface area contributed by atoms with Gasteiger partial charge < -0.3 is 14.2 Å². The standard InChI is InChI=1S/C16H13IN2O5/c17-10-7-19-13-6-11(24-16(19)18-14(10)20)12(23-13)8-22-15(21)9-4-2-1-3-5-9/h1-5,7,11-13H,6,8H2/t11-,12-,13-/m1/s1. The monoisotopic (exact) mass is 440 g/mol. The Bertz CT molecular complexity index is 838. The second kappa shape index (κ2) is 6.17. The highest BCUT2D eigenvalue weighted by atomic mass is 127. The summed E-state index contributed by atoms with van der Waals surface area (Å²) in [5.74, 6) is -0.402. The van der Waals surface area contributed by atoms with Crippen LogP contribution in [0.2, 0.25) is 0 Å². The number of esters is 1. The van der Waals surface area contributed by atoms with Gasteiger partial charge in [0.1, 0.15) is 25.0 Å². The summed E-state index contributed by atoms with van der Waals surface area (Å²) in [6.45, 7) is 0.0881. The molecule has 0 N–H and O–H groups in total. The summed E-state index contributed by atoms with van der Waals surface area (Å²) in [6, 6.07) is 9.03. The maximum absolute atomic E-state index is 12.0. The molecule has 0 unspecified atom stereocenters. The minimum absolute atomic E-state index is 0.0881. The predicted octanol–water partition coefficient (Wildman–Crippen LogP) is 1.75. The molecule has 2 bridgehead atoms. The van der Waals surface area contributed by atoms with Crippen LogP contribution in [0.3, 0.4) is 0 Å². The van der Waals surface area contributed by atoms with Gasteiger partial charge in [0, 0.05) is 12.6 Å². The van der Waals surface area contributed by atoms with Gasteiger partial charge in [-0.3, -0.25) is 9.36 Å². The number of fused-ring (bicyclic) bond motifs is 4. The number of aromatic nitrogens is 2. The van der Waals surface area contributed by atoms with Crippen molar-refractivity contribution in [2.75, 3.05) is 6.61 Å². The van der Waals surface area contributed by atoms with Crippen LogP contribution in [0.5, 0.6) is 6.01 Å². The fraction of sp³-hybridized carbons (Fsp3) is 0.312. The average molecular weight is 440 g/mol. The highest BCUT2D eigenvalue weighted by Gasteiger charge is 2.43. The Kier molecular flexibility index (Phi) is 4.01. The average Bonchev–Trinajstić information content (AvgIpc) is 2.93. The van der Waals surface area contributed by atoms with Crippen LogP contribution in [-0.4, -0.2) is 34.3 Å². The minimum Gasteiger partial charge on any atom is -0.459 e. The smallest absolute Gasteiger partial charge is 0.338 e. The molecule has 1 aromatic heterocycles. The van der Waals surface area contributed by atoms with Gasteiger partial charge in [-0.1, -0.05) is 18.2 Å². The fourth-order valence-corrected chi connectivity index (χ4v) is 3.24. The van der Waals surface area contributed by atoms with Gasteiger partial charge in [-0.25, -0.2) is 4.79 Å². The molecule has 0 spiro atoms. The summed E-state index contributed by atoms with van der Waals surface area (Å²) in [6.07, 6.45) is 1.36. The van der Waals surface area contributed by atoms with Crippen LogP contribution in [0.1, 0.15) is 23.0 Å². The number of carbonyl (C=O) groups is 1. The Balaban J connectivity index is 1.45. The molecule has 3 atom stereocenters. The molecule has 124 valence electrons. The summed E-state index contributed by atoms with van der Waals surface area (Å²) < 4.78 is 19.2. The van der Waals surface area contributed by atoms with Gasteiger partial charge in [-0.15, -0.1) is 0 Å². The molecule has 3 heterocycles. The molecule has 24 heavy (non-hydrogen) atoms. The van der Waals surface area contributed by atoms with E-state index >= 15 is 0 Å². The lowest BCUT2D eigenvalue weighted by Crippen LogP contribution is -2.34. The van der Waals surface area contributed by atoms with Crippen LogP contribution in [0.25, 0.3) is 0 Å². The number of ether oxygens (including phenoxy) is 3. The quantitative estimate of drug-likeness (QED) is 0.535. The molecule has 2 aliphatic rings. The summed E-state index contributed by atoms with van der Waals surface area (Å²) in [5, 5.41) is 0. The Morgan fingerprint density at radius 1 is 1.38 bits per heavy atom. The molecule has 4 rings (SSSR count). The second-order valence-corrected chi connectivity index (χ2v) is 6.73. The number of rotatable bonds is 3. The summed E-state index contributed by atoms with van der Waals surface area (Å²) >= 11 is 1.93. The lowest BCUT2D eigenvalue weighted by Gasteiger charge is -2.23. The summed E-state index contributed by atoms with van der Waals surface area (Å²) in [5.41, 5.74) is 0.166. The molecular weight excluding hydrogens is 427 g/mol. The van der Waals surface area contributed by atoms with E-state index in [0.717, 1.165) is 0 Å². The van der Waals surface area contributed by atoms with Crippen LogP contribution >= 0.6 is 22.6 Å². The van der Waals surface area contributed by atoms with E-state index in [-0.39, 0.29) is 30.5 Å². The van der Waals surface area contributed by atoms with Gasteiger partial charge >= 0.3 is 12.0 Å². The molecule has 0 saturated carbocycles. The Hall–Kier alpha value is -1.94. The van der Waals surface area contributed by atoms with Crippen LogP contribution in [0, 0.1) is 3.57 Å². The highest BCUT2D eigenvalue weighted by molar-refractivity contribution is 14.1. The fourth-order valence-electron chi connectivity index (χ4n) is 2.82. The maximum Gasteiger partial charge on any atom is 0.338 e. The number of nitrogens with zero attached hydrogens (tertiary/aromatic N) is 2. The van der Waals surface area contributed by atoms with Gasteiger partial charge in [0.15, 0.2) is 0 Å². The number of halogens is 1. The Morgan fingerprint density at radius 2 is 2.17 bits per heavy atom. The van der Waals surface area contributed by atoms with Crippen molar-refractivity contribution in [2.24, 2.45) is 0 Å². The van der Waals surface area contributed by atoms with Gasteiger partial charge in [0.05, 0.1) is 9.13 Å². The highest BCUT2D eigenvalue weighted by Crippen LogP contribution is 2.37. The van der Waals surface area contributed by atoms with Crippen molar-refractivity contribution in [1.82, 2.24) is 9.55 Å². The SMILES string of the molecule is O=C(OC[C@H]1O[C@@H]2C[C@H]1Oc1nc(=O)c(I)cn12)c1ccccc1. The van der Waals surface area contributed by atoms with Crippen LogP contribution in [0.15, 0.2) is 41.3 Å². The van der Waals surface area contributed by atoms with Crippen molar-refractivity contribution < 1.29 is 19.0 Å². The first-order chi connectivity index (χ1) is 11.6. The lowest BCUT2D eigenvalue weighted by atomic mass is 10.1. The third-order valence-corrected chi connectivity index (χ3v) is 4.75. The molecule has 1 saturated heterocycles. The molecule has 7 nitrogen and oxygen atoms in total. The molecule has 8 heteroatoms. The number of hydrogen-bond donors (Lipinski definition) is 0. The van der Waals surface area contributed by atoms with E-state index in [1.807, 2.05) is 28.7 Å². The maximum atomic E-state index is 12.0. The minimum atomic E-state index is -0.402. The number of hydrogen-bond acceptors (Lipinski definition) is 6. The molecular formula is C16H13IN2O5. The van der Waals surface area contributed by atoms with E-state index in [2.05, 4.69) is 4.98 Å². The van der Waals surface area contributed by atoms with Crippen molar-refractivity contribution >= 4 is 28.6 Å². The molecule has 1 aromatic carbocycles. The van der Waals surface area contributed by atoms with E-state index in [1.54, 1.807) is 35.0 Å². The molecule has 2 aliphatic heterocycles. The first kappa shape index (κ1) is 15.6. The second-order valence-electron chi connectivity index (χ2n) is 5.57. The zero-order valence-electron chi connectivity index (χ0n) is 12.4. The number of benzene rings is 1. The Labute approximate surface area is 150 Å². The molecule has 2 aromatic rings. The van der Waals surface area contributed by atoms with Crippen molar-refractivity contribution in [1.29, 1.82) is 0 Å². The van der Waals surface area contributed by atoms with E-state index in [4.69, 9.17) is 14.2 Å². The lowest BCUT2D eigenvalue weighted by molar-refractivity contribution is -0.0351. The van der Waals surface area contributed by atoms with E-state index in [9.17, 15) is 9.59 Å². The zero-order chi connectivity index (χ0) is 16.7. The van der Waals surface area contributed by atoms with Crippen molar-refractivity contribution in [2.45, 2.75) is 24.9 Å². The predicted molar refractivity (Wildman–Crippen MR) is 90.9 cm³/mol. The van der Waals surface area contributed by atoms with Crippen LogP contribution in [-0.2, 0) is 9.47 Å². The van der Waals surface area contributed by atoms with Gasteiger partial charge in [-0.2, -0.15) is 4.98 Å². The van der Waals surface area contributed by atoms with Crippen LogP contribution < -0.4 is 10.3 Å². The zero-order valence-corrected chi connectivity index (χ0v) is 14.6. The van der Waals surface area contributed by atoms with Crippen LogP contribution in [0.4, 0.5) is 0 Å². The summed E-state index contributed by atoms with van der Waals surface area (Å²) in [4.78, 5) is 27.6. The topological polar surface area (TPSA) is 79.7 Å². The third-order valence-electron chi connectivity index (χ3n) is 4.01. The van der Waals surface area contributed by atoms with E-state index in [0.29, 0.717) is 15.6 Å². The molecule has 0 radical (unpaired) electrons. The third kappa shape index (κ3) is 2.80. The van der Waals surface area contributed by atoms with Crippen molar-refractivity contribution in [3.63, 3.8) is 0 Å². The van der Waals surface area contributed by atoms with Gasteiger partial charge in [-0.05, 0) is 34.7 Å². The summed E-state index contributed by atoms with van der Waals surface area (Å²) in [7, 11) is 0. The molecule has 0 aliphatic carbocycles. The largest absolute Gasteiger partial charge is 0.459 e. The normalized spacial score (nSPS) is 24.1. The van der Waals surface area contributed by atoms with Crippen molar-refractivity contribution in [3.05, 3.63) is 56.0 Å². The first-order valence-corrected chi connectivity index (χ1v) is 8.52. The van der Waals surface area contributed by atoms with Crippen molar-refractivity contribution in [3.8, 4) is 6.01 Å². The number of carbonyl (C=O) groups excluding carboxylic acids is 1. The van der Waals surface area contributed by atoms with Gasteiger partial charge in [0.2, 0.25) is 0 Å². The van der Waals surface area contributed by atoms with E-state index in [1.165, 1.54) is 0 Å². The first-order valence-electron chi connectivity index (χ1n) is 7.45. The molecule has 0 amide bonds. The molecule has 1 fully saturated rings.